The molecule has 0 heterocycles. The zero-order valence-corrected chi connectivity index (χ0v) is 17.3. The molecule has 2 rings (SSSR count). The van der Waals surface area contributed by atoms with Gasteiger partial charge in [-0.3, -0.25) is 14.9 Å². The molecule has 166 valence electrons. The maximum atomic E-state index is 11.7. The molecule has 1 atom stereocenters. The molecule has 2 aromatic rings. The number of hydrogen-bond acceptors (Lipinski definition) is 7. The van der Waals surface area contributed by atoms with Crippen LogP contribution in [-0.4, -0.2) is 36.1 Å². The average molecular weight is 451 g/mol. The van der Waals surface area contributed by atoms with Crippen LogP contribution in [0.2, 0.25) is 5.02 Å². The molecule has 5 N–H and O–H groups in total. The van der Waals surface area contributed by atoms with Crippen LogP contribution in [-0.2, 0) is 11.3 Å². The Balaban J connectivity index is 1.74. The number of halogens is 1. The molecular weight excluding hydrogens is 428 g/mol. The van der Waals surface area contributed by atoms with E-state index in [1.807, 2.05) is 30.3 Å². The van der Waals surface area contributed by atoms with Gasteiger partial charge in [0.15, 0.2) is 5.02 Å². The number of amides is 2. The van der Waals surface area contributed by atoms with E-state index in [1.165, 1.54) is 6.07 Å². The van der Waals surface area contributed by atoms with Gasteiger partial charge in [-0.15, -0.1) is 0 Å². The number of ether oxygens (including phenoxy) is 2. The fourth-order valence-corrected chi connectivity index (χ4v) is 2.80. The molecule has 0 spiro atoms. The standard InChI is InChI=1S/C20H23ClN4O6/c21-18-16(25(28)29)9-14(19(23)26)10-17(18)30-12-15(22)7-4-8-24-20(27)31-11-13-5-2-1-3-6-13/h1-3,5-6,9-10,15H,4,7-8,11-12,22H2,(H2,23,26)(H,24,27)/t15-/m0/s1. The first-order valence-corrected chi connectivity index (χ1v) is 9.76. The molecule has 0 unspecified atom stereocenters. The number of alkyl carbamates (subject to hydrolysis) is 1. The highest BCUT2D eigenvalue weighted by Crippen LogP contribution is 2.35. The smallest absolute Gasteiger partial charge is 0.407 e. The fraction of sp³-hybridized carbons (Fsp3) is 0.300. The summed E-state index contributed by atoms with van der Waals surface area (Å²) in [6, 6.07) is 11.1. The summed E-state index contributed by atoms with van der Waals surface area (Å²) < 4.78 is 10.6. The molecule has 0 aliphatic heterocycles. The molecule has 2 amide bonds. The molecule has 0 bridgehead atoms. The molecule has 0 radical (unpaired) electrons. The third-order valence-corrected chi connectivity index (χ3v) is 4.57. The van der Waals surface area contributed by atoms with Crippen LogP contribution in [0.5, 0.6) is 5.75 Å². The van der Waals surface area contributed by atoms with Crippen molar-refractivity contribution in [3.8, 4) is 5.75 Å². The van der Waals surface area contributed by atoms with Crippen molar-refractivity contribution >= 4 is 29.3 Å². The second-order valence-electron chi connectivity index (χ2n) is 6.63. The number of nitro benzene ring substituents is 1. The number of nitrogens with two attached hydrogens (primary N) is 2. The summed E-state index contributed by atoms with van der Waals surface area (Å²) >= 11 is 5.98. The molecule has 2 aromatic carbocycles. The van der Waals surface area contributed by atoms with Crippen LogP contribution in [0.15, 0.2) is 42.5 Å². The first-order chi connectivity index (χ1) is 14.8. The van der Waals surface area contributed by atoms with Crippen molar-refractivity contribution in [3.63, 3.8) is 0 Å². The minimum atomic E-state index is -0.848. The highest BCUT2D eigenvalue weighted by molar-refractivity contribution is 6.34. The molecule has 31 heavy (non-hydrogen) atoms. The van der Waals surface area contributed by atoms with Crippen molar-refractivity contribution < 1.29 is 24.0 Å². The second-order valence-corrected chi connectivity index (χ2v) is 7.01. The van der Waals surface area contributed by atoms with Crippen molar-refractivity contribution in [1.82, 2.24) is 5.32 Å². The van der Waals surface area contributed by atoms with Crippen LogP contribution in [0.1, 0.15) is 28.8 Å². The topological polar surface area (TPSA) is 160 Å². The fourth-order valence-electron chi connectivity index (χ4n) is 2.57. The number of nitrogens with zero attached hydrogens (tertiary/aromatic N) is 1. The Hall–Kier alpha value is -3.37. The third-order valence-electron chi connectivity index (χ3n) is 4.19. The lowest BCUT2D eigenvalue weighted by Gasteiger charge is -2.15. The van der Waals surface area contributed by atoms with Crippen molar-refractivity contribution in [2.24, 2.45) is 11.5 Å². The van der Waals surface area contributed by atoms with Gasteiger partial charge in [0.2, 0.25) is 5.91 Å². The highest BCUT2D eigenvalue weighted by atomic mass is 35.5. The summed E-state index contributed by atoms with van der Waals surface area (Å²) in [6.07, 6.45) is 0.519. The predicted octanol–water partition coefficient (Wildman–Crippen LogP) is 2.76. The van der Waals surface area contributed by atoms with Gasteiger partial charge in [-0.25, -0.2) is 4.79 Å². The maximum absolute atomic E-state index is 11.7. The van der Waals surface area contributed by atoms with Crippen LogP contribution >= 0.6 is 11.6 Å². The summed E-state index contributed by atoms with van der Waals surface area (Å²) in [5, 5.41) is 13.5. The van der Waals surface area contributed by atoms with Gasteiger partial charge in [0.05, 0.1) is 4.92 Å². The monoisotopic (exact) mass is 450 g/mol. The third kappa shape index (κ3) is 7.76. The van der Waals surface area contributed by atoms with Gasteiger partial charge in [-0.2, -0.15) is 0 Å². The number of nitro groups is 1. The molecule has 0 saturated heterocycles. The number of nitrogens with one attached hydrogen (secondary N) is 1. The molecule has 11 heteroatoms. The van der Waals surface area contributed by atoms with Crippen LogP contribution < -0.4 is 21.5 Å². The normalized spacial score (nSPS) is 11.4. The quantitative estimate of drug-likeness (QED) is 0.269. The molecular formula is C20H23ClN4O6. The Labute approximate surface area is 183 Å². The molecule has 10 nitrogen and oxygen atoms in total. The van der Waals surface area contributed by atoms with Crippen LogP contribution in [0.4, 0.5) is 10.5 Å². The Morgan fingerprint density at radius 1 is 1.23 bits per heavy atom. The Kier molecular flexibility index (Phi) is 9.04. The Morgan fingerprint density at radius 2 is 1.94 bits per heavy atom. The zero-order valence-electron chi connectivity index (χ0n) is 16.6. The number of hydrogen-bond donors (Lipinski definition) is 3. The SMILES string of the molecule is NC(=O)c1cc(OC[C@@H](N)CCCNC(=O)OCc2ccccc2)c(Cl)c([N+](=O)[O-])c1. The molecule has 0 aliphatic rings. The van der Waals surface area contributed by atoms with Gasteiger partial charge in [-0.1, -0.05) is 41.9 Å². The first kappa shape index (κ1) is 23.9. The first-order valence-electron chi connectivity index (χ1n) is 9.38. The van der Waals surface area contributed by atoms with Gasteiger partial charge in [-0.05, 0) is 24.5 Å². The number of carbonyl (C=O) groups excluding carboxylic acids is 2. The second kappa shape index (κ2) is 11.7. The maximum Gasteiger partial charge on any atom is 0.407 e. The van der Waals surface area contributed by atoms with E-state index in [9.17, 15) is 19.7 Å². The lowest BCUT2D eigenvalue weighted by Crippen LogP contribution is -2.30. The molecule has 0 aliphatic carbocycles. The molecule has 0 aromatic heterocycles. The van der Waals surface area contributed by atoms with Crippen molar-refractivity contribution in [3.05, 3.63) is 68.7 Å². The zero-order chi connectivity index (χ0) is 22.8. The minimum Gasteiger partial charge on any atom is -0.490 e. The summed E-state index contributed by atoms with van der Waals surface area (Å²) in [4.78, 5) is 33.4. The number of primary amides is 1. The lowest BCUT2D eigenvalue weighted by atomic mass is 10.1. The van der Waals surface area contributed by atoms with Crippen molar-refractivity contribution in [1.29, 1.82) is 0 Å². The van der Waals surface area contributed by atoms with Crippen LogP contribution in [0, 0.1) is 10.1 Å². The summed E-state index contributed by atoms with van der Waals surface area (Å²) in [5.74, 6) is -0.901. The number of benzene rings is 2. The summed E-state index contributed by atoms with van der Waals surface area (Å²) in [6.45, 7) is 0.527. The minimum absolute atomic E-state index is 0.00244. The van der Waals surface area contributed by atoms with Crippen molar-refractivity contribution in [2.45, 2.75) is 25.5 Å². The van der Waals surface area contributed by atoms with Gasteiger partial charge >= 0.3 is 6.09 Å². The Morgan fingerprint density at radius 3 is 2.58 bits per heavy atom. The largest absolute Gasteiger partial charge is 0.490 e. The predicted molar refractivity (Wildman–Crippen MR) is 114 cm³/mol. The van der Waals surface area contributed by atoms with Gasteiger partial charge < -0.3 is 26.3 Å². The van der Waals surface area contributed by atoms with Crippen molar-refractivity contribution in [2.75, 3.05) is 13.2 Å². The average Bonchev–Trinajstić information content (AvgIpc) is 2.74. The highest BCUT2D eigenvalue weighted by Gasteiger charge is 2.21. The number of carbonyl (C=O) groups is 2. The van der Waals surface area contributed by atoms with Gasteiger partial charge in [0.1, 0.15) is 19.0 Å². The van der Waals surface area contributed by atoms with E-state index in [0.717, 1.165) is 11.6 Å². The van der Waals surface area contributed by atoms with Gasteiger partial charge in [0.25, 0.3) is 5.69 Å². The van der Waals surface area contributed by atoms with Crippen LogP contribution in [0.25, 0.3) is 0 Å². The molecule has 0 fully saturated rings. The van der Waals surface area contributed by atoms with E-state index in [-0.39, 0.29) is 29.5 Å². The van der Waals surface area contributed by atoms with E-state index >= 15 is 0 Å². The van der Waals surface area contributed by atoms with E-state index in [2.05, 4.69) is 5.32 Å². The summed E-state index contributed by atoms with van der Waals surface area (Å²) in [5.41, 5.74) is 11.5. The van der Waals surface area contributed by atoms with E-state index < -0.39 is 28.7 Å². The van der Waals surface area contributed by atoms with E-state index in [0.29, 0.717) is 19.4 Å². The number of rotatable bonds is 11. The lowest BCUT2D eigenvalue weighted by molar-refractivity contribution is -0.384. The summed E-state index contributed by atoms with van der Waals surface area (Å²) in [7, 11) is 0. The molecule has 0 saturated carbocycles. The van der Waals surface area contributed by atoms with Gasteiger partial charge in [0, 0.05) is 24.2 Å². The Bertz CT molecular complexity index is 925. The van der Waals surface area contributed by atoms with E-state index in [4.69, 9.17) is 32.5 Å². The van der Waals surface area contributed by atoms with E-state index in [1.54, 1.807) is 0 Å². The van der Waals surface area contributed by atoms with Crippen LogP contribution in [0.3, 0.4) is 0 Å².